The van der Waals surface area contributed by atoms with E-state index in [0.29, 0.717) is 5.54 Å². The summed E-state index contributed by atoms with van der Waals surface area (Å²) in [4.78, 5) is 13.9. The second kappa shape index (κ2) is 11.1. The average Bonchev–Trinajstić information content (AvgIpc) is 3.30. The molecule has 6 heteroatoms. The van der Waals surface area contributed by atoms with Crippen LogP contribution in [0.4, 0.5) is 0 Å². The molecule has 1 atom stereocenters. The molecule has 0 aliphatic carbocycles. The zero-order valence-corrected chi connectivity index (χ0v) is 20.4. The van der Waals surface area contributed by atoms with E-state index in [4.69, 9.17) is 4.99 Å². The molecule has 3 saturated heterocycles. The van der Waals surface area contributed by atoms with Crippen LogP contribution in [-0.4, -0.2) is 91.9 Å². The molecule has 3 fully saturated rings. The maximum absolute atomic E-state index is 4.69. The second-order valence-electron chi connectivity index (χ2n) is 9.70. The number of rotatable bonds is 6. The van der Waals surface area contributed by atoms with Crippen LogP contribution in [0.2, 0.25) is 0 Å². The molecule has 0 amide bonds. The van der Waals surface area contributed by atoms with Gasteiger partial charge in [0.05, 0.1) is 0 Å². The lowest BCUT2D eigenvalue weighted by molar-refractivity contribution is 0.0170. The van der Waals surface area contributed by atoms with Gasteiger partial charge in [-0.1, -0.05) is 24.6 Å². The minimum atomic E-state index is 0.297. The van der Waals surface area contributed by atoms with Crippen LogP contribution in [0.15, 0.2) is 40.2 Å². The lowest BCUT2D eigenvalue weighted by Crippen LogP contribution is -2.62. The zero-order valence-electron chi connectivity index (χ0n) is 19.6. The number of nitrogens with one attached hydrogen (secondary N) is 1. The van der Waals surface area contributed by atoms with Crippen molar-refractivity contribution < 1.29 is 0 Å². The van der Waals surface area contributed by atoms with E-state index in [1.165, 1.54) is 75.4 Å². The Balaban J connectivity index is 1.31. The van der Waals surface area contributed by atoms with Crippen LogP contribution in [0.5, 0.6) is 0 Å². The summed E-state index contributed by atoms with van der Waals surface area (Å²) in [6.07, 6.45) is 7.92. The number of likely N-dealkylation sites (tertiary alicyclic amines) is 3. The molecule has 0 aromatic heterocycles. The van der Waals surface area contributed by atoms with Crippen LogP contribution in [-0.2, 0) is 0 Å². The highest BCUT2D eigenvalue weighted by molar-refractivity contribution is 7.99. The minimum Gasteiger partial charge on any atom is -0.354 e. The Labute approximate surface area is 193 Å². The molecular weight excluding hydrogens is 402 g/mol. The molecule has 31 heavy (non-hydrogen) atoms. The fourth-order valence-electron chi connectivity index (χ4n) is 5.48. The van der Waals surface area contributed by atoms with Gasteiger partial charge in [0.15, 0.2) is 5.96 Å². The number of guanidine groups is 1. The summed E-state index contributed by atoms with van der Waals surface area (Å²) in [6.45, 7) is 8.24. The summed E-state index contributed by atoms with van der Waals surface area (Å²) in [7, 11) is 4.22. The summed E-state index contributed by atoms with van der Waals surface area (Å²) in [5, 5.41) is 3.84. The predicted octanol–water partition coefficient (Wildman–Crippen LogP) is 3.63. The van der Waals surface area contributed by atoms with Gasteiger partial charge >= 0.3 is 0 Å². The van der Waals surface area contributed by atoms with Crippen molar-refractivity contribution >= 4 is 17.7 Å². The Bertz CT molecular complexity index is 695. The molecule has 4 rings (SSSR count). The molecule has 0 radical (unpaired) electrons. The molecule has 5 nitrogen and oxygen atoms in total. The van der Waals surface area contributed by atoms with Crippen molar-refractivity contribution in [1.29, 1.82) is 0 Å². The number of piperidine rings is 2. The van der Waals surface area contributed by atoms with E-state index in [1.807, 2.05) is 18.8 Å². The number of hydrogen-bond donors (Lipinski definition) is 1. The Morgan fingerprint density at radius 2 is 1.81 bits per heavy atom. The van der Waals surface area contributed by atoms with E-state index in [0.717, 1.165) is 31.5 Å². The van der Waals surface area contributed by atoms with E-state index in [2.05, 4.69) is 57.4 Å². The van der Waals surface area contributed by atoms with Crippen LogP contribution in [0.3, 0.4) is 0 Å². The first-order valence-electron chi connectivity index (χ1n) is 12.3. The largest absolute Gasteiger partial charge is 0.354 e. The zero-order chi connectivity index (χ0) is 21.5. The van der Waals surface area contributed by atoms with Gasteiger partial charge in [-0.2, -0.15) is 0 Å². The van der Waals surface area contributed by atoms with Crippen LogP contribution in [0, 0.1) is 5.92 Å². The molecule has 3 heterocycles. The molecule has 172 valence electrons. The molecule has 0 spiro atoms. The van der Waals surface area contributed by atoms with Gasteiger partial charge in [0.2, 0.25) is 0 Å². The first kappa shape index (κ1) is 22.9. The molecule has 0 bridgehead atoms. The van der Waals surface area contributed by atoms with Crippen LogP contribution in [0.25, 0.3) is 0 Å². The number of thioether (sulfide) groups is 1. The Hall–Kier alpha value is -1.24. The number of benzene rings is 1. The summed E-state index contributed by atoms with van der Waals surface area (Å²) in [5.41, 5.74) is 0.297. The third-order valence-corrected chi connectivity index (χ3v) is 8.79. The van der Waals surface area contributed by atoms with E-state index in [1.54, 1.807) is 0 Å². The van der Waals surface area contributed by atoms with Crippen molar-refractivity contribution in [2.45, 2.75) is 49.0 Å². The third-order valence-electron chi connectivity index (χ3n) is 7.55. The standard InChI is InChI=1S/C25H41N5S/c1-26-24(29-16-11-22(19-29)20-31-23-9-5-3-6-10-23)27-21-25(12-17-28(2)18-13-25)30-14-7-4-8-15-30/h3,5-6,9-10,22H,4,7-8,11-21H2,1-2H3,(H,26,27). The smallest absolute Gasteiger partial charge is 0.193 e. The summed E-state index contributed by atoms with van der Waals surface area (Å²) >= 11 is 2.00. The molecule has 1 unspecified atom stereocenters. The maximum atomic E-state index is 4.69. The van der Waals surface area contributed by atoms with Crippen molar-refractivity contribution in [2.75, 3.05) is 65.7 Å². The summed E-state index contributed by atoms with van der Waals surface area (Å²) in [6, 6.07) is 10.8. The Morgan fingerprint density at radius 1 is 1.06 bits per heavy atom. The van der Waals surface area contributed by atoms with E-state index in [-0.39, 0.29) is 0 Å². The van der Waals surface area contributed by atoms with E-state index in [9.17, 15) is 0 Å². The highest BCUT2D eigenvalue weighted by Gasteiger charge is 2.40. The first-order chi connectivity index (χ1) is 15.2. The van der Waals surface area contributed by atoms with Gasteiger partial charge < -0.3 is 15.1 Å². The first-order valence-corrected chi connectivity index (χ1v) is 13.2. The molecule has 1 aromatic rings. The Kier molecular flexibility index (Phi) is 8.18. The van der Waals surface area contributed by atoms with Crippen molar-refractivity contribution in [3.05, 3.63) is 30.3 Å². The van der Waals surface area contributed by atoms with Gasteiger partial charge in [0.1, 0.15) is 0 Å². The molecule has 1 aromatic carbocycles. The van der Waals surface area contributed by atoms with Gasteiger partial charge in [0, 0.05) is 42.9 Å². The molecule has 0 saturated carbocycles. The highest BCUT2D eigenvalue weighted by atomic mass is 32.2. The molecule has 3 aliphatic rings. The van der Waals surface area contributed by atoms with Crippen LogP contribution in [0.1, 0.15) is 38.5 Å². The fraction of sp³-hybridized carbons (Fsp3) is 0.720. The molecular formula is C25H41N5S. The Morgan fingerprint density at radius 3 is 2.52 bits per heavy atom. The van der Waals surface area contributed by atoms with Gasteiger partial charge in [-0.05, 0) is 83.4 Å². The van der Waals surface area contributed by atoms with Gasteiger partial charge in [0.25, 0.3) is 0 Å². The monoisotopic (exact) mass is 443 g/mol. The average molecular weight is 444 g/mol. The number of aliphatic imine (C=N–C) groups is 1. The number of hydrogen-bond acceptors (Lipinski definition) is 4. The molecule has 3 aliphatic heterocycles. The normalized spacial score (nSPS) is 25.7. The number of nitrogens with zero attached hydrogens (tertiary/aromatic N) is 4. The predicted molar refractivity (Wildman–Crippen MR) is 133 cm³/mol. The lowest BCUT2D eigenvalue weighted by atomic mass is 9.84. The van der Waals surface area contributed by atoms with Crippen molar-refractivity contribution in [2.24, 2.45) is 10.9 Å². The van der Waals surface area contributed by atoms with Crippen LogP contribution >= 0.6 is 11.8 Å². The van der Waals surface area contributed by atoms with Crippen LogP contribution < -0.4 is 5.32 Å². The van der Waals surface area contributed by atoms with E-state index < -0.39 is 0 Å². The summed E-state index contributed by atoms with van der Waals surface area (Å²) in [5.74, 6) is 3.05. The molecule has 1 N–H and O–H groups in total. The van der Waals surface area contributed by atoms with Gasteiger partial charge in [-0.3, -0.25) is 9.89 Å². The lowest BCUT2D eigenvalue weighted by Gasteiger charge is -2.50. The fourth-order valence-corrected chi connectivity index (χ4v) is 6.53. The second-order valence-corrected chi connectivity index (χ2v) is 10.8. The van der Waals surface area contributed by atoms with Gasteiger partial charge in [-0.25, -0.2) is 0 Å². The van der Waals surface area contributed by atoms with Crippen molar-refractivity contribution in [3.8, 4) is 0 Å². The van der Waals surface area contributed by atoms with Crippen molar-refractivity contribution in [1.82, 2.24) is 20.0 Å². The minimum absolute atomic E-state index is 0.297. The SMILES string of the molecule is CN=C(NCC1(N2CCCCC2)CCN(C)CC1)N1CCC(CSc2ccccc2)C1. The third kappa shape index (κ3) is 5.96. The highest BCUT2D eigenvalue weighted by Crippen LogP contribution is 2.31. The quantitative estimate of drug-likeness (QED) is 0.413. The maximum Gasteiger partial charge on any atom is 0.193 e. The van der Waals surface area contributed by atoms with E-state index >= 15 is 0 Å². The van der Waals surface area contributed by atoms with Crippen molar-refractivity contribution in [3.63, 3.8) is 0 Å². The topological polar surface area (TPSA) is 34.1 Å². The van der Waals surface area contributed by atoms with Gasteiger partial charge in [-0.15, -0.1) is 11.8 Å². The summed E-state index contributed by atoms with van der Waals surface area (Å²) < 4.78 is 0.